The van der Waals surface area contributed by atoms with E-state index in [9.17, 15) is 0 Å². The molecule has 3 rings (SSSR count). The van der Waals surface area contributed by atoms with Crippen molar-refractivity contribution in [3.05, 3.63) is 71.3 Å². The molecule has 0 aliphatic heterocycles. The van der Waals surface area contributed by atoms with Crippen LogP contribution in [0, 0.1) is 0 Å². The lowest BCUT2D eigenvalue weighted by molar-refractivity contribution is 0.599. The second kappa shape index (κ2) is 3.82. The first-order valence-electron chi connectivity index (χ1n) is 6.70. The summed E-state index contributed by atoms with van der Waals surface area (Å²) in [7, 11) is -1.32. The monoisotopic (exact) mass is 252 g/mol. The lowest BCUT2D eigenvalue weighted by Crippen LogP contribution is -2.57. The van der Waals surface area contributed by atoms with E-state index in [1.807, 2.05) is 0 Å². The van der Waals surface area contributed by atoms with Crippen molar-refractivity contribution in [2.24, 2.45) is 0 Å². The van der Waals surface area contributed by atoms with E-state index < -0.39 is 8.07 Å². The van der Waals surface area contributed by atoms with E-state index >= 15 is 0 Å². The molecule has 0 spiro atoms. The van der Waals surface area contributed by atoms with Gasteiger partial charge in [-0.2, -0.15) is 0 Å². The number of fused-ring (bicyclic) bond motifs is 1. The number of hydrogen-bond donors (Lipinski definition) is 0. The number of hydrogen-bond acceptors (Lipinski definition) is 0. The van der Waals surface area contributed by atoms with Gasteiger partial charge in [0.1, 0.15) is 0 Å². The van der Waals surface area contributed by atoms with Gasteiger partial charge in [0.25, 0.3) is 0 Å². The quantitative estimate of drug-likeness (QED) is 0.695. The van der Waals surface area contributed by atoms with Crippen LogP contribution >= 0.6 is 0 Å². The second-order valence-electron chi connectivity index (χ2n) is 6.36. The Kier molecular flexibility index (Phi) is 2.49. The molecule has 1 aliphatic carbocycles. The zero-order valence-electron chi connectivity index (χ0n) is 11.4. The van der Waals surface area contributed by atoms with Gasteiger partial charge in [0.15, 0.2) is 0 Å². The molecule has 0 nitrogen and oxygen atoms in total. The van der Waals surface area contributed by atoms with Crippen molar-refractivity contribution < 1.29 is 0 Å². The Morgan fingerprint density at radius 3 is 2.06 bits per heavy atom. The molecule has 18 heavy (non-hydrogen) atoms. The second-order valence-corrected chi connectivity index (χ2v) is 11.7. The molecule has 1 aliphatic rings. The number of rotatable bonds is 2. The minimum atomic E-state index is -1.32. The molecule has 0 bridgehead atoms. The van der Waals surface area contributed by atoms with E-state index in [1.165, 1.54) is 12.0 Å². The average molecular weight is 252 g/mol. The Balaban J connectivity index is 2.22. The smallest absolute Gasteiger partial charge is 0.0617 e. The minimum absolute atomic E-state index is 0.324. The van der Waals surface area contributed by atoms with Crippen molar-refractivity contribution in [2.75, 3.05) is 0 Å². The summed E-state index contributed by atoms with van der Waals surface area (Å²) in [5.74, 6) is 0. The molecule has 0 aromatic heterocycles. The summed E-state index contributed by atoms with van der Waals surface area (Å²) >= 11 is 0. The molecule has 0 fully saturated rings. The van der Waals surface area contributed by atoms with E-state index in [0.29, 0.717) is 5.04 Å². The highest BCUT2D eigenvalue weighted by Crippen LogP contribution is 2.51. The third-order valence-electron chi connectivity index (χ3n) is 4.48. The maximum Gasteiger partial charge on any atom is 0.0617 e. The van der Waals surface area contributed by atoms with E-state index in [1.54, 1.807) is 11.1 Å². The van der Waals surface area contributed by atoms with Crippen molar-refractivity contribution in [3.8, 4) is 0 Å². The summed E-state index contributed by atoms with van der Waals surface area (Å²) in [4.78, 5) is 0. The average Bonchev–Trinajstić information content (AvgIpc) is 2.31. The van der Waals surface area contributed by atoms with Crippen LogP contribution in [0.3, 0.4) is 0 Å². The van der Waals surface area contributed by atoms with Crippen molar-refractivity contribution in [2.45, 2.75) is 31.1 Å². The third-order valence-corrected chi connectivity index (χ3v) is 7.78. The zero-order valence-corrected chi connectivity index (χ0v) is 12.4. The first-order chi connectivity index (χ1) is 8.56. The normalized spacial score (nSPS) is 22.2. The molecule has 0 heterocycles. The van der Waals surface area contributed by atoms with Crippen LogP contribution in [0.4, 0.5) is 0 Å². The maximum absolute atomic E-state index is 2.50. The Hall–Kier alpha value is -1.34. The topological polar surface area (TPSA) is 0 Å². The molecular weight excluding hydrogens is 232 g/mol. The first kappa shape index (κ1) is 11.7. The van der Waals surface area contributed by atoms with Gasteiger partial charge in [-0.1, -0.05) is 74.2 Å². The third kappa shape index (κ3) is 1.43. The van der Waals surface area contributed by atoms with Crippen LogP contribution in [0.15, 0.2) is 54.6 Å². The predicted octanol–water partition coefficient (Wildman–Crippen LogP) is 4.41. The fourth-order valence-electron chi connectivity index (χ4n) is 3.45. The molecule has 1 unspecified atom stereocenters. The Morgan fingerprint density at radius 1 is 0.833 bits per heavy atom. The van der Waals surface area contributed by atoms with Crippen LogP contribution in [-0.4, -0.2) is 8.07 Å². The molecule has 0 radical (unpaired) electrons. The van der Waals surface area contributed by atoms with E-state index in [4.69, 9.17) is 0 Å². The molecule has 2 aromatic carbocycles. The van der Waals surface area contributed by atoms with Crippen LogP contribution in [0.5, 0.6) is 0 Å². The first-order valence-corrected chi connectivity index (χ1v) is 10.2. The summed E-state index contributed by atoms with van der Waals surface area (Å²) in [5.41, 5.74) is 4.64. The summed E-state index contributed by atoms with van der Waals surface area (Å²) in [5, 5.41) is 0.324. The zero-order chi connectivity index (χ0) is 12.8. The van der Waals surface area contributed by atoms with Crippen molar-refractivity contribution in [1.82, 2.24) is 0 Å². The highest BCUT2D eigenvalue weighted by atomic mass is 28.3. The molecule has 0 N–H and O–H groups in total. The highest BCUT2D eigenvalue weighted by Gasteiger charge is 2.52. The highest BCUT2D eigenvalue weighted by molar-refractivity contribution is 6.80. The predicted molar refractivity (Wildman–Crippen MR) is 80.7 cm³/mol. The fraction of sp³-hybridized carbons (Fsp3) is 0.294. The van der Waals surface area contributed by atoms with E-state index in [-0.39, 0.29) is 0 Å². The van der Waals surface area contributed by atoms with Gasteiger partial charge in [-0.25, -0.2) is 0 Å². The Bertz CT molecular complexity index is 566. The van der Waals surface area contributed by atoms with Gasteiger partial charge in [0.05, 0.1) is 8.07 Å². The Labute approximate surface area is 111 Å². The van der Waals surface area contributed by atoms with Gasteiger partial charge in [-0.15, -0.1) is 0 Å². The van der Waals surface area contributed by atoms with Crippen LogP contribution in [0.2, 0.25) is 19.6 Å². The van der Waals surface area contributed by atoms with Gasteiger partial charge in [0.2, 0.25) is 0 Å². The maximum atomic E-state index is 2.50. The van der Waals surface area contributed by atoms with Crippen molar-refractivity contribution in [1.29, 1.82) is 0 Å². The fourth-order valence-corrected chi connectivity index (χ4v) is 6.25. The van der Waals surface area contributed by atoms with Gasteiger partial charge < -0.3 is 0 Å². The van der Waals surface area contributed by atoms with Crippen molar-refractivity contribution in [3.63, 3.8) is 0 Å². The minimum Gasteiger partial charge on any atom is -0.0685 e. The van der Waals surface area contributed by atoms with E-state index in [0.717, 1.165) is 0 Å². The largest absolute Gasteiger partial charge is 0.0685 e. The standard InChI is InChI=1S/C17H20Si/c1-18(2,3)17(15-10-5-4-6-11-15)13-14-9-7-8-12-16(14)17/h4-12H,13H2,1-3H3. The summed E-state index contributed by atoms with van der Waals surface area (Å²) in [6, 6.07) is 20.1. The van der Waals surface area contributed by atoms with Crippen LogP contribution in [-0.2, 0) is 11.5 Å². The SMILES string of the molecule is C[Si](C)(C)C1(c2ccccc2)Cc2ccccc21. The van der Waals surface area contributed by atoms with Crippen LogP contribution < -0.4 is 0 Å². The summed E-state index contributed by atoms with van der Waals surface area (Å²) < 4.78 is 0. The Morgan fingerprint density at radius 2 is 1.44 bits per heavy atom. The van der Waals surface area contributed by atoms with Crippen molar-refractivity contribution >= 4 is 8.07 Å². The molecule has 2 aromatic rings. The molecular formula is C17H20Si. The van der Waals surface area contributed by atoms with Crippen LogP contribution in [0.25, 0.3) is 0 Å². The lowest BCUT2D eigenvalue weighted by Gasteiger charge is -2.52. The molecule has 0 saturated carbocycles. The van der Waals surface area contributed by atoms with Gasteiger partial charge >= 0.3 is 0 Å². The lowest BCUT2D eigenvalue weighted by atomic mass is 9.72. The summed E-state index contributed by atoms with van der Waals surface area (Å²) in [6.07, 6.45) is 1.23. The molecule has 1 atom stereocenters. The molecule has 0 saturated heterocycles. The van der Waals surface area contributed by atoms with Crippen LogP contribution in [0.1, 0.15) is 16.7 Å². The molecule has 1 heteroatoms. The van der Waals surface area contributed by atoms with Gasteiger partial charge in [0, 0.05) is 5.04 Å². The van der Waals surface area contributed by atoms with E-state index in [2.05, 4.69) is 74.2 Å². The van der Waals surface area contributed by atoms with Gasteiger partial charge in [-0.3, -0.25) is 0 Å². The van der Waals surface area contributed by atoms with Gasteiger partial charge in [-0.05, 0) is 23.1 Å². The summed E-state index contributed by atoms with van der Waals surface area (Å²) in [6.45, 7) is 7.49. The molecule has 0 amide bonds. The molecule has 92 valence electrons. The number of benzene rings is 2.